The predicted molar refractivity (Wildman–Crippen MR) is 77.6 cm³/mol. The van der Waals surface area contributed by atoms with E-state index >= 15 is 0 Å². The maximum absolute atomic E-state index is 12.5. The van der Waals surface area contributed by atoms with Crippen LogP contribution in [0.4, 0.5) is 0 Å². The van der Waals surface area contributed by atoms with Crippen molar-refractivity contribution in [3.8, 4) is 11.5 Å². The number of carbonyl (C=O) groups is 2. The molecule has 2 aromatic rings. The molecule has 3 rings (SSSR count). The van der Waals surface area contributed by atoms with Gasteiger partial charge in [0.05, 0.1) is 11.1 Å². The Labute approximate surface area is 129 Å². The minimum absolute atomic E-state index is 0.0218. The van der Waals surface area contributed by atoms with E-state index in [1.165, 1.54) is 24.3 Å². The fraction of sp³-hybridized carbons (Fsp3) is 0.0667. The maximum Gasteiger partial charge on any atom is 0.198 e. The van der Waals surface area contributed by atoms with Crippen LogP contribution in [0.5, 0.6) is 11.5 Å². The quantitative estimate of drug-likeness (QED) is 0.674. The molecule has 0 heterocycles. The first-order valence-corrected chi connectivity index (χ1v) is 6.89. The van der Waals surface area contributed by atoms with Crippen LogP contribution in [0.25, 0.3) is 0 Å². The van der Waals surface area contributed by atoms with Gasteiger partial charge in [-0.05, 0) is 29.8 Å². The van der Waals surface area contributed by atoms with Gasteiger partial charge in [-0.15, -0.1) is 11.6 Å². The summed E-state index contributed by atoms with van der Waals surface area (Å²) in [4.78, 5) is 25.0. The van der Waals surface area contributed by atoms with Gasteiger partial charge in [0.25, 0.3) is 0 Å². The summed E-state index contributed by atoms with van der Waals surface area (Å²) < 4.78 is 0. The van der Waals surface area contributed by atoms with Crippen molar-refractivity contribution in [2.45, 2.75) is 5.88 Å². The topological polar surface area (TPSA) is 74.6 Å². The molecule has 0 amide bonds. The van der Waals surface area contributed by atoms with Crippen LogP contribution >= 0.6 is 23.2 Å². The molecule has 2 N–H and O–H groups in total. The number of benzene rings is 2. The normalized spacial score (nSPS) is 13.0. The third-order valence-corrected chi connectivity index (χ3v) is 3.88. The van der Waals surface area contributed by atoms with Crippen LogP contribution in [0.3, 0.4) is 0 Å². The first kappa shape index (κ1) is 13.9. The largest absolute Gasteiger partial charge is 0.507 e. The zero-order valence-electron chi connectivity index (χ0n) is 10.5. The van der Waals surface area contributed by atoms with Crippen molar-refractivity contribution in [1.29, 1.82) is 0 Å². The number of alkyl halides is 1. The molecule has 0 radical (unpaired) electrons. The molecule has 1 aliphatic rings. The van der Waals surface area contributed by atoms with E-state index in [-0.39, 0.29) is 44.7 Å². The number of carbonyl (C=O) groups excluding carboxylic acids is 2. The summed E-state index contributed by atoms with van der Waals surface area (Å²) in [6, 6.07) is 5.28. The Kier molecular flexibility index (Phi) is 3.15. The van der Waals surface area contributed by atoms with Crippen LogP contribution in [0.1, 0.15) is 37.4 Å². The summed E-state index contributed by atoms with van der Waals surface area (Å²) in [6.07, 6.45) is 0. The molecule has 2 aromatic carbocycles. The van der Waals surface area contributed by atoms with Crippen LogP contribution in [-0.2, 0) is 5.88 Å². The lowest BCUT2D eigenvalue weighted by molar-refractivity contribution is 0.0974. The molecule has 0 aromatic heterocycles. The second kappa shape index (κ2) is 4.76. The zero-order valence-corrected chi connectivity index (χ0v) is 12.0. The molecule has 0 saturated carbocycles. The van der Waals surface area contributed by atoms with E-state index in [1.54, 1.807) is 0 Å². The molecular weight excluding hydrogens is 315 g/mol. The Morgan fingerprint density at radius 2 is 1.38 bits per heavy atom. The number of fused-ring (bicyclic) bond motifs is 2. The molecule has 0 fully saturated rings. The second-order valence-electron chi connectivity index (χ2n) is 4.68. The average Bonchev–Trinajstić information content (AvgIpc) is 2.43. The number of rotatable bonds is 1. The second-order valence-corrected chi connectivity index (χ2v) is 5.38. The van der Waals surface area contributed by atoms with E-state index in [0.717, 1.165) is 0 Å². The van der Waals surface area contributed by atoms with Crippen LogP contribution in [-0.4, -0.2) is 21.8 Å². The van der Waals surface area contributed by atoms with Crippen LogP contribution in [0, 0.1) is 0 Å². The van der Waals surface area contributed by atoms with E-state index in [9.17, 15) is 19.8 Å². The molecular formula is C15H8Cl2O4. The van der Waals surface area contributed by atoms with E-state index in [1.807, 2.05) is 0 Å². The van der Waals surface area contributed by atoms with Crippen molar-refractivity contribution in [3.63, 3.8) is 0 Å². The van der Waals surface area contributed by atoms with Crippen molar-refractivity contribution in [3.05, 3.63) is 57.1 Å². The zero-order chi connectivity index (χ0) is 15.3. The summed E-state index contributed by atoms with van der Waals surface area (Å²) >= 11 is 11.5. The molecule has 0 atom stereocenters. The summed E-state index contributed by atoms with van der Waals surface area (Å²) in [5.41, 5.74) is 0.309. The van der Waals surface area contributed by atoms with E-state index in [4.69, 9.17) is 23.2 Å². The SMILES string of the molecule is O=C1c2cc(CCl)cc(O)c2C(=O)c2cc(Cl)cc(O)c21. The van der Waals surface area contributed by atoms with Crippen LogP contribution in [0.15, 0.2) is 24.3 Å². The molecule has 0 unspecified atom stereocenters. The minimum atomic E-state index is -0.559. The van der Waals surface area contributed by atoms with Crippen LogP contribution in [0.2, 0.25) is 5.02 Å². The molecule has 0 aliphatic heterocycles. The Bertz CT molecular complexity index is 812. The standard InChI is InChI=1S/C15H8Cl2O4/c16-5-6-1-8-12(10(18)2-6)15(21)9-3-7(17)4-11(19)13(9)14(8)20/h1-4,18-19H,5H2. The van der Waals surface area contributed by atoms with Crippen molar-refractivity contribution >= 4 is 34.8 Å². The highest BCUT2D eigenvalue weighted by atomic mass is 35.5. The maximum atomic E-state index is 12.5. The molecule has 0 bridgehead atoms. The van der Waals surface area contributed by atoms with Gasteiger partial charge in [0.2, 0.25) is 0 Å². The van der Waals surface area contributed by atoms with Crippen LogP contribution < -0.4 is 0 Å². The van der Waals surface area contributed by atoms with E-state index in [2.05, 4.69) is 0 Å². The lowest BCUT2D eigenvalue weighted by Gasteiger charge is -2.20. The highest BCUT2D eigenvalue weighted by Crippen LogP contribution is 2.38. The third-order valence-electron chi connectivity index (χ3n) is 3.36. The first-order chi connectivity index (χ1) is 9.93. The number of hydrogen-bond acceptors (Lipinski definition) is 4. The number of phenolic OH excluding ortho intramolecular Hbond substituents is 2. The van der Waals surface area contributed by atoms with Gasteiger partial charge < -0.3 is 10.2 Å². The Morgan fingerprint density at radius 3 is 1.95 bits per heavy atom. The van der Waals surface area contributed by atoms with Gasteiger partial charge in [-0.25, -0.2) is 0 Å². The lowest BCUT2D eigenvalue weighted by atomic mass is 9.82. The monoisotopic (exact) mass is 322 g/mol. The van der Waals surface area contributed by atoms with Crippen molar-refractivity contribution < 1.29 is 19.8 Å². The van der Waals surface area contributed by atoms with Crippen molar-refractivity contribution in [2.24, 2.45) is 0 Å². The molecule has 106 valence electrons. The highest BCUT2D eigenvalue weighted by molar-refractivity contribution is 6.34. The molecule has 1 aliphatic carbocycles. The Hall–Kier alpha value is -2.04. The summed E-state index contributed by atoms with van der Waals surface area (Å²) in [5.74, 6) is -1.70. The molecule has 6 heteroatoms. The average molecular weight is 323 g/mol. The van der Waals surface area contributed by atoms with Gasteiger partial charge in [0.15, 0.2) is 11.6 Å². The van der Waals surface area contributed by atoms with Gasteiger partial charge >= 0.3 is 0 Å². The van der Waals surface area contributed by atoms with E-state index < -0.39 is 11.6 Å². The fourth-order valence-corrected chi connectivity index (χ4v) is 2.83. The number of halogens is 2. The third kappa shape index (κ3) is 1.99. The molecule has 0 saturated heterocycles. The van der Waals surface area contributed by atoms with E-state index in [0.29, 0.717) is 5.56 Å². The van der Waals surface area contributed by atoms with Gasteiger partial charge in [0, 0.05) is 22.0 Å². The summed E-state index contributed by atoms with van der Waals surface area (Å²) in [5, 5.41) is 20.0. The smallest absolute Gasteiger partial charge is 0.198 e. The number of ketones is 2. The van der Waals surface area contributed by atoms with Crippen molar-refractivity contribution in [1.82, 2.24) is 0 Å². The Balaban J connectivity index is 2.36. The molecule has 4 nitrogen and oxygen atoms in total. The van der Waals surface area contributed by atoms with Gasteiger partial charge in [-0.2, -0.15) is 0 Å². The number of phenols is 2. The number of aromatic hydroxyl groups is 2. The van der Waals surface area contributed by atoms with Gasteiger partial charge in [-0.1, -0.05) is 11.6 Å². The van der Waals surface area contributed by atoms with Gasteiger partial charge in [-0.3, -0.25) is 9.59 Å². The van der Waals surface area contributed by atoms with Crippen molar-refractivity contribution in [2.75, 3.05) is 0 Å². The minimum Gasteiger partial charge on any atom is -0.507 e. The molecule has 21 heavy (non-hydrogen) atoms. The number of hydrogen-bond donors (Lipinski definition) is 2. The predicted octanol–water partition coefficient (Wildman–Crippen LogP) is 3.27. The summed E-state index contributed by atoms with van der Waals surface area (Å²) in [6.45, 7) is 0. The summed E-state index contributed by atoms with van der Waals surface area (Å²) in [7, 11) is 0. The highest BCUT2D eigenvalue weighted by Gasteiger charge is 2.34. The first-order valence-electron chi connectivity index (χ1n) is 5.97. The Morgan fingerprint density at radius 1 is 0.857 bits per heavy atom. The fourth-order valence-electron chi connectivity index (χ4n) is 2.46. The van der Waals surface area contributed by atoms with Gasteiger partial charge in [0.1, 0.15) is 11.5 Å². The lowest BCUT2D eigenvalue weighted by Crippen LogP contribution is -2.21. The molecule has 0 spiro atoms.